The van der Waals surface area contributed by atoms with Crippen LogP contribution in [0.25, 0.3) is 0 Å². The molecule has 1 N–H and O–H groups in total. The average Bonchev–Trinajstić information content (AvgIpc) is 3.32. The van der Waals surface area contributed by atoms with Gasteiger partial charge in [0.2, 0.25) is 0 Å². The second-order valence-corrected chi connectivity index (χ2v) is 8.27. The lowest BCUT2D eigenvalue weighted by molar-refractivity contribution is -0.101. The van der Waals surface area contributed by atoms with E-state index in [2.05, 4.69) is 0 Å². The highest BCUT2D eigenvalue weighted by Gasteiger charge is 2.47. The maximum absolute atomic E-state index is 12.7. The summed E-state index contributed by atoms with van der Waals surface area (Å²) < 4.78 is 0. The molecule has 6 nitrogen and oxygen atoms in total. The molecule has 0 spiro atoms. The second-order valence-electron chi connectivity index (χ2n) is 7.49. The summed E-state index contributed by atoms with van der Waals surface area (Å²) in [6.07, 6.45) is 3.36. The Labute approximate surface area is 152 Å². The largest absolute Gasteiger partial charge is 0.389 e. The lowest BCUT2D eigenvalue weighted by Gasteiger charge is -2.50. The van der Waals surface area contributed by atoms with Crippen molar-refractivity contribution < 1.29 is 14.7 Å². The molecule has 2 atom stereocenters. The second kappa shape index (κ2) is 6.61. The van der Waals surface area contributed by atoms with Gasteiger partial charge in [0, 0.05) is 50.6 Å². The lowest BCUT2D eigenvalue weighted by atomic mass is 9.75. The Bertz CT molecular complexity index is 644. The molecule has 3 fully saturated rings. The summed E-state index contributed by atoms with van der Waals surface area (Å²) in [5.74, 6) is -0.0320. The summed E-state index contributed by atoms with van der Waals surface area (Å²) in [6.45, 7) is 3.94. The van der Waals surface area contributed by atoms with Crippen LogP contribution in [0.3, 0.4) is 0 Å². The van der Waals surface area contributed by atoms with Crippen LogP contribution in [-0.4, -0.2) is 76.6 Å². The smallest absolute Gasteiger partial charge is 0.320 e. The molecule has 1 aromatic heterocycles. The van der Waals surface area contributed by atoms with Crippen LogP contribution in [0.2, 0.25) is 0 Å². The molecule has 1 aromatic rings. The van der Waals surface area contributed by atoms with Crippen LogP contribution >= 0.6 is 11.3 Å². The first-order valence-corrected chi connectivity index (χ1v) is 10.1. The van der Waals surface area contributed by atoms with Crippen LogP contribution in [0.4, 0.5) is 4.79 Å². The van der Waals surface area contributed by atoms with Crippen molar-refractivity contribution in [3.05, 3.63) is 22.4 Å². The number of thiophene rings is 1. The van der Waals surface area contributed by atoms with Crippen LogP contribution < -0.4 is 0 Å². The molecule has 0 saturated carbocycles. The van der Waals surface area contributed by atoms with Crippen molar-refractivity contribution in [2.45, 2.75) is 31.3 Å². The van der Waals surface area contributed by atoms with E-state index in [0.29, 0.717) is 39.0 Å². The van der Waals surface area contributed by atoms with Crippen LogP contribution in [0.1, 0.15) is 36.0 Å². The number of fused-ring (bicyclic) bond motifs is 1. The molecule has 3 saturated heterocycles. The van der Waals surface area contributed by atoms with Gasteiger partial charge >= 0.3 is 6.03 Å². The molecule has 0 aromatic carbocycles. The Kier molecular flexibility index (Phi) is 4.45. The first kappa shape index (κ1) is 16.8. The zero-order valence-electron chi connectivity index (χ0n) is 14.4. The maximum atomic E-state index is 12.7. The average molecular weight is 363 g/mol. The highest BCUT2D eigenvalue weighted by molar-refractivity contribution is 7.08. The highest BCUT2D eigenvalue weighted by atomic mass is 32.1. The quantitative estimate of drug-likeness (QED) is 0.828. The first-order chi connectivity index (χ1) is 12.1. The van der Waals surface area contributed by atoms with Crippen LogP contribution in [0.15, 0.2) is 16.8 Å². The van der Waals surface area contributed by atoms with Crippen molar-refractivity contribution in [3.8, 4) is 0 Å². The van der Waals surface area contributed by atoms with E-state index >= 15 is 0 Å². The SMILES string of the molecule is O=C(c1ccsc1)N1CC[C@@]2(O)CCN(C(=O)N3CCCC3)C[C@H]2C1. The highest BCUT2D eigenvalue weighted by Crippen LogP contribution is 2.36. The Hall–Kier alpha value is -1.60. The normalized spacial score (nSPS) is 29.6. The summed E-state index contributed by atoms with van der Waals surface area (Å²) in [5.41, 5.74) is -0.0241. The minimum Gasteiger partial charge on any atom is -0.389 e. The summed E-state index contributed by atoms with van der Waals surface area (Å²) in [5, 5.41) is 14.8. The molecule has 0 unspecified atom stereocenters. The molecule has 3 aliphatic heterocycles. The van der Waals surface area contributed by atoms with Gasteiger partial charge in [0.1, 0.15) is 0 Å². The molecule has 0 aliphatic carbocycles. The maximum Gasteiger partial charge on any atom is 0.320 e. The Balaban J connectivity index is 1.44. The van der Waals surface area contributed by atoms with Crippen molar-refractivity contribution in [2.75, 3.05) is 39.3 Å². The minimum absolute atomic E-state index is 0.0336. The number of piperidine rings is 2. The monoisotopic (exact) mass is 363 g/mol. The standard InChI is InChI=1S/C18H25N3O3S/c22-16(14-3-10-25-13-14)20-8-4-18(24)5-9-21(12-15(18)11-20)17(23)19-6-1-2-7-19/h3,10,13,15,24H,1-2,4-9,11-12H2/t15-,18-/m1/s1. The third-order valence-electron chi connectivity index (χ3n) is 5.97. The van der Waals surface area contributed by atoms with Gasteiger partial charge < -0.3 is 19.8 Å². The number of aliphatic hydroxyl groups is 1. The minimum atomic E-state index is -0.743. The van der Waals surface area contributed by atoms with Gasteiger partial charge in [0.25, 0.3) is 5.91 Å². The zero-order chi connectivity index (χ0) is 17.4. The number of amides is 3. The van der Waals surface area contributed by atoms with Gasteiger partial charge in [0.15, 0.2) is 0 Å². The van der Waals surface area contributed by atoms with Crippen molar-refractivity contribution in [1.82, 2.24) is 14.7 Å². The topological polar surface area (TPSA) is 64.1 Å². The van der Waals surface area contributed by atoms with E-state index < -0.39 is 5.60 Å². The number of urea groups is 1. The molecule has 25 heavy (non-hydrogen) atoms. The third-order valence-corrected chi connectivity index (χ3v) is 6.66. The van der Waals surface area contributed by atoms with E-state index in [4.69, 9.17) is 0 Å². The van der Waals surface area contributed by atoms with Gasteiger partial charge in [-0.15, -0.1) is 0 Å². The fourth-order valence-electron chi connectivity index (χ4n) is 4.34. The Morgan fingerprint density at radius 2 is 1.72 bits per heavy atom. The predicted octanol–water partition coefficient (Wildman–Crippen LogP) is 1.86. The summed E-state index contributed by atoms with van der Waals surface area (Å²) in [6, 6.07) is 1.94. The Morgan fingerprint density at radius 1 is 1.04 bits per heavy atom. The molecule has 136 valence electrons. The van der Waals surface area contributed by atoms with Crippen molar-refractivity contribution in [2.24, 2.45) is 5.92 Å². The zero-order valence-corrected chi connectivity index (χ0v) is 15.2. The predicted molar refractivity (Wildman–Crippen MR) is 95.7 cm³/mol. The molecule has 4 heterocycles. The number of carbonyl (C=O) groups is 2. The van der Waals surface area contributed by atoms with Gasteiger partial charge in [-0.2, -0.15) is 11.3 Å². The summed E-state index contributed by atoms with van der Waals surface area (Å²) >= 11 is 1.52. The van der Waals surface area contributed by atoms with Gasteiger partial charge in [-0.3, -0.25) is 4.79 Å². The van der Waals surface area contributed by atoms with E-state index in [1.54, 1.807) is 0 Å². The van der Waals surface area contributed by atoms with Crippen molar-refractivity contribution in [3.63, 3.8) is 0 Å². The van der Waals surface area contributed by atoms with Crippen LogP contribution in [0.5, 0.6) is 0 Å². The lowest BCUT2D eigenvalue weighted by Crippen LogP contribution is -2.62. The fourth-order valence-corrected chi connectivity index (χ4v) is 4.97. The van der Waals surface area contributed by atoms with Gasteiger partial charge in [0.05, 0.1) is 11.2 Å². The van der Waals surface area contributed by atoms with E-state index in [0.717, 1.165) is 31.5 Å². The van der Waals surface area contributed by atoms with Gasteiger partial charge in [-0.1, -0.05) is 0 Å². The van der Waals surface area contributed by atoms with Crippen molar-refractivity contribution in [1.29, 1.82) is 0 Å². The molecule has 4 rings (SSSR count). The number of likely N-dealkylation sites (tertiary alicyclic amines) is 3. The summed E-state index contributed by atoms with van der Waals surface area (Å²) in [7, 11) is 0. The van der Waals surface area contributed by atoms with Crippen LogP contribution in [-0.2, 0) is 0 Å². The number of hydrogen-bond donors (Lipinski definition) is 1. The summed E-state index contributed by atoms with van der Waals surface area (Å²) in [4.78, 5) is 30.9. The molecule has 3 amide bonds. The number of nitrogens with zero attached hydrogens (tertiary/aromatic N) is 3. The molecular formula is C18H25N3O3S. The fraction of sp³-hybridized carbons (Fsp3) is 0.667. The number of rotatable bonds is 1. The van der Waals surface area contributed by atoms with E-state index in [1.165, 1.54) is 11.3 Å². The Morgan fingerprint density at radius 3 is 2.40 bits per heavy atom. The number of hydrogen-bond acceptors (Lipinski definition) is 4. The molecule has 7 heteroatoms. The number of carbonyl (C=O) groups excluding carboxylic acids is 2. The van der Waals surface area contributed by atoms with Crippen LogP contribution in [0, 0.1) is 5.92 Å². The van der Waals surface area contributed by atoms with E-state index in [-0.39, 0.29) is 17.9 Å². The molecule has 0 bridgehead atoms. The van der Waals surface area contributed by atoms with Gasteiger partial charge in [-0.05, 0) is 37.1 Å². The molecular weight excluding hydrogens is 338 g/mol. The first-order valence-electron chi connectivity index (χ1n) is 9.14. The molecule has 3 aliphatic rings. The van der Waals surface area contributed by atoms with E-state index in [1.807, 2.05) is 31.5 Å². The van der Waals surface area contributed by atoms with Gasteiger partial charge in [-0.25, -0.2) is 4.79 Å². The van der Waals surface area contributed by atoms with E-state index in [9.17, 15) is 14.7 Å². The third kappa shape index (κ3) is 3.15. The van der Waals surface area contributed by atoms with Crippen molar-refractivity contribution >= 4 is 23.3 Å². The molecule has 0 radical (unpaired) electrons.